The zero-order chi connectivity index (χ0) is 23.5. The summed E-state index contributed by atoms with van der Waals surface area (Å²) in [5.74, 6) is 0.291. The minimum Gasteiger partial charge on any atom is -0.497 e. The predicted octanol–water partition coefficient (Wildman–Crippen LogP) is 2.77. The summed E-state index contributed by atoms with van der Waals surface area (Å²) in [6.07, 6.45) is 8.99. The monoisotopic (exact) mass is 462 g/mol. The van der Waals surface area contributed by atoms with E-state index in [1.807, 2.05) is 29.2 Å². The number of hydrogen-bond acceptors (Lipinski definition) is 7. The molecule has 3 heterocycles. The van der Waals surface area contributed by atoms with Gasteiger partial charge in [0, 0.05) is 59.3 Å². The van der Waals surface area contributed by atoms with Crippen LogP contribution in [0.2, 0.25) is 0 Å². The molecular formula is C23H22N6O3S. The molecule has 0 aliphatic carbocycles. The lowest BCUT2D eigenvalue weighted by atomic mass is 10.1. The third kappa shape index (κ3) is 4.51. The second-order valence-electron chi connectivity index (χ2n) is 7.28. The van der Waals surface area contributed by atoms with Gasteiger partial charge < -0.3 is 15.4 Å². The Bertz CT molecular complexity index is 1340. The maximum absolute atomic E-state index is 12.8. The number of rotatable bonds is 7. The Morgan fingerprint density at radius 1 is 1.15 bits per heavy atom. The zero-order valence-electron chi connectivity index (χ0n) is 18.3. The SMILES string of the molecule is COc1ccnc(-c2cnc(-n3cc(SC)c4ccc(C(=O)N(C)CC(N)=O)cc43)nc2)c1. The number of nitrogens with two attached hydrogens (primary N) is 1. The van der Waals surface area contributed by atoms with Gasteiger partial charge >= 0.3 is 0 Å². The van der Waals surface area contributed by atoms with Crippen molar-refractivity contribution in [2.45, 2.75) is 4.90 Å². The standard InChI is InChI=1S/C23H22N6O3S/c1-28(13-21(24)30)22(31)14-4-5-17-19(8-14)29(12-20(17)33-3)23-26-10-15(11-27-23)18-9-16(32-2)6-7-25-18/h4-12H,13H2,1-3H3,(H2,24,30). The molecule has 10 heteroatoms. The van der Waals surface area contributed by atoms with Gasteiger partial charge in [0.25, 0.3) is 5.91 Å². The first kappa shape index (κ1) is 22.3. The van der Waals surface area contributed by atoms with Crippen LogP contribution in [0, 0.1) is 0 Å². The number of thioether (sulfide) groups is 1. The first-order valence-electron chi connectivity index (χ1n) is 9.97. The van der Waals surface area contributed by atoms with Crippen LogP contribution in [0.4, 0.5) is 0 Å². The first-order chi connectivity index (χ1) is 15.9. The van der Waals surface area contributed by atoms with E-state index >= 15 is 0 Å². The predicted molar refractivity (Wildman–Crippen MR) is 127 cm³/mol. The Kier molecular flexibility index (Phi) is 6.27. The molecule has 9 nitrogen and oxygen atoms in total. The Labute approximate surface area is 194 Å². The fourth-order valence-electron chi connectivity index (χ4n) is 3.46. The molecule has 0 bridgehead atoms. The number of benzene rings is 1. The van der Waals surface area contributed by atoms with Crippen LogP contribution in [0.3, 0.4) is 0 Å². The number of ether oxygens (including phenoxy) is 1. The van der Waals surface area contributed by atoms with Crippen molar-refractivity contribution in [3.8, 4) is 23.0 Å². The average molecular weight is 463 g/mol. The molecule has 0 spiro atoms. The highest BCUT2D eigenvalue weighted by molar-refractivity contribution is 7.98. The molecule has 0 atom stereocenters. The molecule has 2 amide bonds. The second-order valence-corrected chi connectivity index (χ2v) is 8.13. The van der Waals surface area contributed by atoms with Crippen molar-refractivity contribution in [2.24, 2.45) is 5.73 Å². The van der Waals surface area contributed by atoms with Gasteiger partial charge in [0.15, 0.2) is 0 Å². The Hall–Kier alpha value is -3.92. The fraction of sp³-hybridized carbons (Fsp3) is 0.174. The van der Waals surface area contributed by atoms with Crippen molar-refractivity contribution >= 4 is 34.5 Å². The summed E-state index contributed by atoms with van der Waals surface area (Å²) in [4.78, 5) is 39.7. The van der Waals surface area contributed by atoms with Crippen LogP contribution in [0.15, 0.2) is 60.0 Å². The van der Waals surface area contributed by atoms with Gasteiger partial charge in [-0.25, -0.2) is 9.97 Å². The minimum absolute atomic E-state index is 0.156. The number of hydrogen-bond donors (Lipinski definition) is 1. The molecule has 168 valence electrons. The molecule has 2 N–H and O–H groups in total. The molecule has 4 aromatic rings. The highest BCUT2D eigenvalue weighted by Gasteiger charge is 2.18. The van der Waals surface area contributed by atoms with E-state index < -0.39 is 5.91 Å². The van der Waals surface area contributed by atoms with Crippen LogP contribution in [-0.4, -0.2) is 63.2 Å². The van der Waals surface area contributed by atoms with Crippen molar-refractivity contribution in [1.29, 1.82) is 0 Å². The van der Waals surface area contributed by atoms with Gasteiger partial charge in [-0.1, -0.05) is 6.07 Å². The number of carbonyl (C=O) groups excluding carboxylic acids is 2. The van der Waals surface area contributed by atoms with Crippen LogP contribution in [0.25, 0.3) is 28.1 Å². The summed E-state index contributed by atoms with van der Waals surface area (Å²) >= 11 is 1.59. The Balaban J connectivity index is 1.73. The number of carbonyl (C=O) groups is 2. The molecule has 0 fully saturated rings. The fourth-order valence-corrected chi connectivity index (χ4v) is 4.06. The molecular weight excluding hydrogens is 440 g/mol. The molecule has 0 aliphatic rings. The van der Waals surface area contributed by atoms with Crippen molar-refractivity contribution in [1.82, 2.24) is 24.4 Å². The summed E-state index contributed by atoms with van der Waals surface area (Å²) < 4.78 is 7.10. The number of aromatic nitrogens is 4. The van der Waals surface area contributed by atoms with Gasteiger partial charge in [0.2, 0.25) is 11.9 Å². The quantitative estimate of drug-likeness (QED) is 0.420. The summed E-state index contributed by atoms with van der Waals surface area (Å²) in [6, 6.07) is 8.99. The molecule has 0 saturated heterocycles. The number of amides is 2. The molecule has 0 aliphatic heterocycles. The molecule has 1 aromatic carbocycles. The maximum atomic E-state index is 12.8. The number of likely N-dealkylation sites (N-methyl/N-ethyl adjacent to an activating group) is 1. The van der Waals surface area contributed by atoms with Gasteiger partial charge in [-0.3, -0.25) is 19.1 Å². The molecule has 3 aromatic heterocycles. The summed E-state index contributed by atoms with van der Waals surface area (Å²) in [5, 5.41) is 0.971. The van der Waals surface area contributed by atoms with E-state index in [1.54, 1.807) is 55.7 Å². The number of pyridine rings is 1. The van der Waals surface area contributed by atoms with E-state index in [0.717, 1.165) is 21.4 Å². The van der Waals surface area contributed by atoms with Crippen LogP contribution in [0.5, 0.6) is 5.75 Å². The Morgan fingerprint density at radius 2 is 1.91 bits per heavy atom. The van der Waals surface area contributed by atoms with Crippen molar-refractivity contribution < 1.29 is 14.3 Å². The largest absolute Gasteiger partial charge is 0.497 e. The van der Waals surface area contributed by atoms with E-state index in [4.69, 9.17) is 10.5 Å². The third-order valence-corrected chi connectivity index (χ3v) is 5.86. The zero-order valence-corrected chi connectivity index (χ0v) is 19.2. The summed E-state index contributed by atoms with van der Waals surface area (Å²) in [7, 11) is 3.14. The van der Waals surface area contributed by atoms with E-state index in [0.29, 0.717) is 23.0 Å². The van der Waals surface area contributed by atoms with E-state index in [2.05, 4.69) is 15.0 Å². The minimum atomic E-state index is -0.570. The first-order valence-corrected chi connectivity index (χ1v) is 11.2. The summed E-state index contributed by atoms with van der Waals surface area (Å²) in [6.45, 7) is -0.156. The van der Waals surface area contributed by atoms with Gasteiger partial charge in [-0.05, 0) is 24.5 Å². The van der Waals surface area contributed by atoms with Crippen LogP contribution < -0.4 is 10.5 Å². The molecule has 33 heavy (non-hydrogen) atoms. The summed E-state index contributed by atoms with van der Waals surface area (Å²) in [5.41, 5.74) is 7.90. The molecule has 0 unspecified atom stereocenters. The smallest absolute Gasteiger partial charge is 0.254 e. The van der Waals surface area contributed by atoms with Crippen molar-refractivity contribution in [3.05, 3.63) is 60.7 Å². The number of methoxy groups -OCH3 is 1. The van der Waals surface area contributed by atoms with Gasteiger partial charge in [-0.2, -0.15) is 0 Å². The van der Waals surface area contributed by atoms with Crippen LogP contribution in [-0.2, 0) is 4.79 Å². The number of fused-ring (bicyclic) bond motifs is 1. The Morgan fingerprint density at radius 3 is 2.58 bits per heavy atom. The molecule has 4 rings (SSSR count). The van der Waals surface area contributed by atoms with Crippen LogP contribution >= 0.6 is 11.8 Å². The highest BCUT2D eigenvalue weighted by Crippen LogP contribution is 2.31. The van der Waals surface area contributed by atoms with E-state index in [9.17, 15) is 9.59 Å². The van der Waals surface area contributed by atoms with Crippen molar-refractivity contribution in [2.75, 3.05) is 27.0 Å². The van der Waals surface area contributed by atoms with E-state index in [1.165, 1.54) is 11.9 Å². The van der Waals surface area contributed by atoms with Gasteiger partial charge in [0.05, 0.1) is 24.9 Å². The molecule has 0 saturated carbocycles. The van der Waals surface area contributed by atoms with E-state index in [-0.39, 0.29) is 12.5 Å². The highest BCUT2D eigenvalue weighted by atomic mass is 32.2. The average Bonchev–Trinajstić information content (AvgIpc) is 3.21. The third-order valence-electron chi connectivity index (χ3n) is 5.09. The lowest BCUT2D eigenvalue weighted by molar-refractivity contribution is -0.118. The maximum Gasteiger partial charge on any atom is 0.254 e. The normalized spacial score (nSPS) is 10.9. The van der Waals surface area contributed by atoms with Crippen LogP contribution in [0.1, 0.15) is 10.4 Å². The van der Waals surface area contributed by atoms with Gasteiger partial charge in [-0.15, -0.1) is 11.8 Å². The topological polar surface area (TPSA) is 116 Å². The van der Waals surface area contributed by atoms with Gasteiger partial charge in [0.1, 0.15) is 5.75 Å². The number of nitrogens with zero attached hydrogens (tertiary/aromatic N) is 5. The molecule has 0 radical (unpaired) electrons. The number of primary amides is 1. The van der Waals surface area contributed by atoms with Crippen molar-refractivity contribution in [3.63, 3.8) is 0 Å². The lowest BCUT2D eigenvalue weighted by Gasteiger charge is -2.15. The lowest BCUT2D eigenvalue weighted by Crippen LogP contribution is -2.35. The second kappa shape index (κ2) is 9.29.